The average molecular weight is 357 g/mol. The highest BCUT2D eigenvalue weighted by Crippen LogP contribution is 2.40. The van der Waals surface area contributed by atoms with Crippen LogP contribution in [0.3, 0.4) is 0 Å². The second-order valence-electron chi connectivity index (χ2n) is 6.61. The normalized spacial score (nSPS) is 22.2. The highest BCUT2D eigenvalue weighted by atomic mass is 19.4. The minimum Gasteiger partial charge on any atom is -0.480 e. The molecule has 7 heteroatoms. The van der Waals surface area contributed by atoms with Crippen molar-refractivity contribution in [3.05, 3.63) is 35.9 Å². The van der Waals surface area contributed by atoms with Crippen molar-refractivity contribution >= 4 is 11.9 Å². The number of benzene rings is 1. The SMILES string of the molecule is O=C(CC1CCC(C(F)(F)F)CC1)N[C@@H](Cc1ccccc1)C(=O)O. The van der Waals surface area contributed by atoms with Crippen molar-refractivity contribution in [2.24, 2.45) is 11.8 Å². The van der Waals surface area contributed by atoms with Gasteiger partial charge in [-0.15, -0.1) is 0 Å². The lowest BCUT2D eigenvalue weighted by Crippen LogP contribution is -2.43. The van der Waals surface area contributed by atoms with E-state index in [4.69, 9.17) is 0 Å². The molecule has 4 nitrogen and oxygen atoms in total. The second-order valence-corrected chi connectivity index (χ2v) is 6.61. The summed E-state index contributed by atoms with van der Waals surface area (Å²) in [7, 11) is 0. The molecule has 1 atom stereocenters. The van der Waals surface area contributed by atoms with Gasteiger partial charge in [0, 0.05) is 12.8 Å². The first-order chi connectivity index (χ1) is 11.8. The fourth-order valence-electron chi connectivity index (χ4n) is 3.26. The van der Waals surface area contributed by atoms with Gasteiger partial charge in [-0.05, 0) is 37.2 Å². The van der Waals surface area contributed by atoms with Gasteiger partial charge in [-0.1, -0.05) is 30.3 Å². The van der Waals surface area contributed by atoms with Crippen LogP contribution in [0, 0.1) is 11.8 Å². The number of carbonyl (C=O) groups excluding carboxylic acids is 1. The van der Waals surface area contributed by atoms with Crippen molar-refractivity contribution in [3.8, 4) is 0 Å². The van der Waals surface area contributed by atoms with Crippen LogP contribution in [0.1, 0.15) is 37.7 Å². The Bertz CT molecular complexity index is 581. The number of nitrogens with one attached hydrogen (secondary N) is 1. The lowest BCUT2D eigenvalue weighted by molar-refractivity contribution is -0.184. The van der Waals surface area contributed by atoms with Gasteiger partial charge in [0.25, 0.3) is 0 Å². The molecule has 1 aliphatic rings. The largest absolute Gasteiger partial charge is 0.480 e. The van der Waals surface area contributed by atoms with Gasteiger partial charge < -0.3 is 10.4 Å². The van der Waals surface area contributed by atoms with E-state index in [1.807, 2.05) is 6.07 Å². The van der Waals surface area contributed by atoms with E-state index in [2.05, 4.69) is 5.32 Å². The van der Waals surface area contributed by atoms with Gasteiger partial charge in [-0.3, -0.25) is 4.79 Å². The molecule has 2 N–H and O–H groups in total. The highest BCUT2D eigenvalue weighted by Gasteiger charge is 2.41. The molecule has 2 rings (SSSR count). The Morgan fingerprint density at radius 1 is 1.12 bits per heavy atom. The maximum absolute atomic E-state index is 12.7. The first-order valence-electron chi connectivity index (χ1n) is 8.38. The van der Waals surface area contributed by atoms with E-state index in [1.165, 1.54) is 0 Å². The van der Waals surface area contributed by atoms with Crippen molar-refractivity contribution in [2.75, 3.05) is 0 Å². The van der Waals surface area contributed by atoms with Crippen LogP contribution in [0.2, 0.25) is 0 Å². The Hall–Kier alpha value is -2.05. The Kier molecular flexibility index (Phi) is 6.45. The van der Waals surface area contributed by atoms with Gasteiger partial charge in [0.1, 0.15) is 6.04 Å². The number of alkyl halides is 3. The molecule has 0 aromatic heterocycles. The summed E-state index contributed by atoms with van der Waals surface area (Å²) in [5, 5.41) is 11.8. The third kappa shape index (κ3) is 6.07. The van der Waals surface area contributed by atoms with Crippen LogP contribution in [0.5, 0.6) is 0 Å². The van der Waals surface area contributed by atoms with Crippen molar-refractivity contribution in [1.82, 2.24) is 5.32 Å². The molecule has 1 fully saturated rings. The molecule has 0 radical (unpaired) electrons. The van der Waals surface area contributed by atoms with Crippen molar-refractivity contribution in [3.63, 3.8) is 0 Å². The monoisotopic (exact) mass is 357 g/mol. The first kappa shape index (κ1) is 19.3. The van der Waals surface area contributed by atoms with E-state index < -0.39 is 30.0 Å². The van der Waals surface area contributed by atoms with Crippen LogP contribution < -0.4 is 5.32 Å². The minimum absolute atomic E-state index is 0.0355. The van der Waals surface area contributed by atoms with E-state index in [1.54, 1.807) is 24.3 Å². The fraction of sp³-hybridized carbons (Fsp3) is 0.556. The summed E-state index contributed by atoms with van der Waals surface area (Å²) < 4.78 is 38.0. The zero-order chi connectivity index (χ0) is 18.4. The number of carbonyl (C=O) groups is 2. The minimum atomic E-state index is -4.17. The summed E-state index contributed by atoms with van der Waals surface area (Å²) in [4.78, 5) is 23.4. The number of hydrogen-bond donors (Lipinski definition) is 2. The number of carboxylic acids is 1. The van der Waals surface area contributed by atoms with Gasteiger partial charge in [-0.25, -0.2) is 4.79 Å². The number of rotatable bonds is 6. The predicted molar refractivity (Wildman–Crippen MR) is 85.8 cm³/mol. The average Bonchev–Trinajstić information content (AvgIpc) is 2.54. The van der Waals surface area contributed by atoms with Crippen LogP contribution in [0.15, 0.2) is 30.3 Å². The molecule has 0 aliphatic heterocycles. The smallest absolute Gasteiger partial charge is 0.391 e. The second kappa shape index (κ2) is 8.36. The molecule has 1 aromatic rings. The van der Waals surface area contributed by atoms with E-state index in [0.29, 0.717) is 12.8 Å². The number of halogens is 3. The molecular formula is C18H22F3NO3. The maximum Gasteiger partial charge on any atom is 0.391 e. The maximum atomic E-state index is 12.7. The first-order valence-corrected chi connectivity index (χ1v) is 8.38. The van der Waals surface area contributed by atoms with Gasteiger partial charge in [-0.2, -0.15) is 13.2 Å². The van der Waals surface area contributed by atoms with Gasteiger partial charge in [0.15, 0.2) is 0 Å². The summed E-state index contributed by atoms with van der Waals surface area (Å²) in [5.74, 6) is -2.95. The zero-order valence-electron chi connectivity index (χ0n) is 13.8. The molecule has 0 bridgehead atoms. The molecule has 0 unspecified atom stereocenters. The number of carboxylic acid groups (broad SMARTS) is 1. The molecular weight excluding hydrogens is 335 g/mol. The number of aliphatic carboxylic acids is 1. The summed E-state index contributed by atoms with van der Waals surface area (Å²) in [5.41, 5.74) is 0.792. The van der Waals surface area contributed by atoms with E-state index in [-0.39, 0.29) is 31.6 Å². The lowest BCUT2D eigenvalue weighted by atomic mass is 9.80. The highest BCUT2D eigenvalue weighted by molar-refractivity contribution is 5.83. The van der Waals surface area contributed by atoms with Gasteiger partial charge in [0.05, 0.1) is 5.92 Å². The van der Waals surface area contributed by atoms with Crippen molar-refractivity contribution < 1.29 is 27.9 Å². The predicted octanol–water partition coefficient (Wildman–Crippen LogP) is 3.56. The summed E-state index contributed by atoms with van der Waals surface area (Å²) in [6.07, 6.45) is -3.17. The van der Waals surface area contributed by atoms with Crippen LogP contribution in [0.4, 0.5) is 13.2 Å². The number of hydrogen-bond acceptors (Lipinski definition) is 2. The lowest BCUT2D eigenvalue weighted by Gasteiger charge is -2.29. The Morgan fingerprint density at radius 2 is 1.72 bits per heavy atom. The molecule has 1 aliphatic carbocycles. The van der Waals surface area contributed by atoms with E-state index >= 15 is 0 Å². The molecule has 138 valence electrons. The van der Waals surface area contributed by atoms with Crippen LogP contribution in [0.25, 0.3) is 0 Å². The molecule has 1 aromatic carbocycles. The molecule has 0 spiro atoms. The summed E-state index contributed by atoms with van der Waals surface area (Å²) in [6, 6.07) is 7.90. The molecule has 1 amide bonds. The topological polar surface area (TPSA) is 66.4 Å². The zero-order valence-corrected chi connectivity index (χ0v) is 13.8. The Balaban J connectivity index is 1.83. The van der Waals surface area contributed by atoms with Gasteiger partial charge >= 0.3 is 12.1 Å². The van der Waals surface area contributed by atoms with E-state index in [9.17, 15) is 27.9 Å². The standard InChI is InChI=1S/C18H22F3NO3/c19-18(20,21)14-8-6-13(7-9-14)11-16(23)22-15(17(24)25)10-12-4-2-1-3-5-12/h1-5,13-15H,6-11H2,(H,22,23)(H,24,25)/t13?,14?,15-/m0/s1. The van der Waals surface area contributed by atoms with Crippen LogP contribution in [-0.4, -0.2) is 29.2 Å². The van der Waals surface area contributed by atoms with Gasteiger partial charge in [0.2, 0.25) is 5.91 Å². The summed E-state index contributed by atoms with van der Waals surface area (Å²) >= 11 is 0. The Morgan fingerprint density at radius 3 is 2.24 bits per heavy atom. The molecule has 25 heavy (non-hydrogen) atoms. The summed E-state index contributed by atoms with van der Waals surface area (Å²) in [6.45, 7) is 0. The number of amides is 1. The quantitative estimate of drug-likeness (QED) is 0.818. The van der Waals surface area contributed by atoms with Crippen LogP contribution in [-0.2, 0) is 16.0 Å². The Labute approximate surface area is 144 Å². The molecule has 0 heterocycles. The fourth-order valence-corrected chi connectivity index (χ4v) is 3.26. The molecule has 1 saturated carbocycles. The van der Waals surface area contributed by atoms with Crippen molar-refractivity contribution in [1.29, 1.82) is 0 Å². The third-order valence-corrected chi connectivity index (χ3v) is 4.70. The molecule has 0 saturated heterocycles. The third-order valence-electron chi connectivity index (χ3n) is 4.70. The van der Waals surface area contributed by atoms with E-state index in [0.717, 1.165) is 5.56 Å². The van der Waals surface area contributed by atoms with Crippen LogP contribution >= 0.6 is 0 Å². The van der Waals surface area contributed by atoms with Crippen molar-refractivity contribution in [2.45, 2.75) is 50.7 Å².